The summed E-state index contributed by atoms with van der Waals surface area (Å²) in [4.78, 5) is 10.6. The summed E-state index contributed by atoms with van der Waals surface area (Å²) in [5.41, 5.74) is 7.64. The minimum atomic E-state index is -3.48. The number of primary amides is 1. The maximum Gasteiger partial charge on any atom is 0.332 e. The van der Waals surface area contributed by atoms with Gasteiger partial charge in [-0.05, 0) is 12.1 Å². The number of carbonyl (C=O) groups excluding carboxylic acids is 1. The molecular formula is C10H9Cl2N3O3S. The molecule has 0 saturated carbocycles. The summed E-state index contributed by atoms with van der Waals surface area (Å²) in [6.45, 7) is 0. The highest BCUT2D eigenvalue weighted by atomic mass is 35.5. The van der Waals surface area contributed by atoms with Gasteiger partial charge in [0.25, 0.3) is 0 Å². The minimum absolute atomic E-state index is 0.0187. The van der Waals surface area contributed by atoms with E-state index in [9.17, 15) is 13.2 Å². The molecule has 9 heteroatoms. The van der Waals surface area contributed by atoms with Crippen LogP contribution in [-0.2, 0) is 9.84 Å². The number of nitrogens with zero attached hydrogens (tertiary/aromatic N) is 1. The van der Waals surface area contributed by atoms with E-state index in [2.05, 4.69) is 10.5 Å². The van der Waals surface area contributed by atoms with Gasteiger partial charge in [-0.25, -0.2) is 18.6 Å². The number of fused-ring (bicyclic) bond motifs is 1. The van der Waals surface area contributed by atoms with Crippen LogP contribution in [0.15, 0.2) is 22.1 Å². The number of urea groups is 1. The van der Waals surface area contributed by atoms with Crippen molar-refractivity contribution in [2.45, 2.75) is 11.3 Å². The molecule has 102 valence electrons. The Labute approximate surface area is 119 Å². The summed E-state index contributed by atoms with van der Waals surface area (Å²) in [7, 11) is -3.48. The zero-order valence-corrected chi connectivity index (χ0v) is 11.8. The lowest BCUT2D eigenvalue weighted by Gasteiger charge is -2.19. The van der Waals surface area contributed by atoms with Crippen molar-refractivity contribution in [3.8, 4) is 0 Å². The lowest BCUT2D eigenvalue weighted by Crippen LogP contribution is -2.29. The molecule has 0 aromatic heterocycles. The number of amides is 2. The van der Waals surface area contributed by atoms with Crippen molar-refractivity contribution in [1.82, 2.24) is 5.43 Å². The van der Waals surface area contributed by atoms with Gasteiger partial charge in [-0.15, -0.1) is 0 Å². The fourth-order valence-corrected chi connectivity index (χ4v) is 4.18. The van der Waals surface area contributed by atoms with Crippen LogP contribution in [0.4, 0.5) is 4.79 Å². The predicted octanol–water partition coefficient (Wildman–Crippen LogP) is 1.54. The third-order valence-corrected chi connectivity index (χ3v) is 4.97. The molecule has 1 aromatic rings. The first-order valence-electron chi connectivity index (χ1n) is 5.15. The molecule has 0 unspecified atom stereocenters. The number of hydrazone groups is 1. The van der Waals surface area contributed by atoms with Crippen molar-refractivity contribution < 1.29 is 13.2 Å². The second-order valence-corrected chi connectivity index (χ2v) is 6.76. The maximum absolute atomic E-state index is 12.0. The van der Waals surface area contributed by atoms with Crippen molar-refractivity contribution in [1.29, 1.82) is 0 Å². The van der Waals surface area contributed by atoms with Crippen LogP contribution in [0, 0.1) is 0 Å². The second-order valence-electron chi connectivity index (χ2n) is 3.87. The van der Waals surface area contributed by atoms with Gasteiger partial charge in [-0.2, -0.15) is 5.10 Å². The molecule has 0 bridgehead atoms. The molecule has 0 radical (unpaired) electrons. The third kappa shape index (κ3) is 2.83. The van der Waals surface area contributed by atoms with E-state index in [-0.39, 0.29) is 32.7 Å². The van der Waals surface area contributed by atoms with Gasteiger partial charge in [0.2, 0.25) is 0 Å². The normalized spacial score (nSPS) is 18.9. The predicted molar refractivity (Wildman–Crippen MR) is 72.4 cm³/mol. The van der Waals surface area contributed by atoms with Crippen molar-refractivity contribution in [2.75, 3.05) is 5.75 Å². The molecule has 2 amide bonds. The van der Waals surface area contributed by atoms with Crippen molar-refractivity contribution in [3.63, 3.8) is 0 Å². The van der Waals surface area contributed by atoms with E-state index in [4.69, 9.17) is 28.9 Å². The molecule has 0 saturated heterocycles. The Morgan fingerprint density at radius 1 is 1.37 bits per heavy atom. The zero-order valence-electron chi connectivity index (χ0n) is 9.48. The number of benzene rings is 1. The van der Waals surface area contributed by atoms with Gasteiger partial charge < -0.3 is 5.73 Å². The summed E-state index contributed by atoms with van der Waals surface area (Å²) >= 11 is 11.8. The quantitative estimate of drug-likeness (QED) is 0.767. The molecule has 1 aliphatic heterocycles. The number of halogens is 2. The highest BCUT2D eigenvalue weighted by Crippen LogP contribution is 2.34. The molecule has 0 spiro atoms. The van der Waals surface area contributed by atoms with Crippen LogP contribution in [0.5, 0.6) is 0 Å². The Hall–Kier alpha value is -1.31. The summed E-state index contributed by atoms with van der Waals surface area (Å²) in [5.74, 6) is -0.138. The van der Waals surface area contributed by atoms with Crippen LogP contribution in [0.1, 0.15) is 12.0 Å². The monoisotopic (exact) mass is 321 g/mol. The highest BCUT2D eigenvalue weighted by molar-refractivity contribution is 7.91. The molecule has 19 heavy (non-hydrogen) atoms. The van der Waals surface area contributed by atoms with Crippen LogP contribution < -0.4 is 11.2 Å². The Morgan fingerprint density at radius 2 is 2.05 bits per heavy atom. The van der Waals surface area contributed by atoms with E-state index in [0.717, 1.165) is 0 Å². The third-order valence-electron chi connectivity index (χ3n) is 2.54. The lowest BCUT2D eigenvalue weighted by atomic mass is 10.1. The summed E-state index contributed by atoms with van der Waals surface area (Å²) < 4.78 is 24.0. The number of rotatable bonds is 1. The Bertz CT molecular complexity index is 686. The van der Waals surface area contributed by atoms with Gasteiger partial charge >= 0.3 is 6.03 Å². The summed E-state index contributed by atoms with van der Waals surface area (Å²) in [5, 5.41) is 4.10. The Balaban J connectivity index is 2.64. The average Bonchev–Trinajstić information content (AvgIpc) is 2.25. The van der Waals surface area contributed by atoms with Crippen LogP contribution in [0.2, 0.25) is 10.0 Å². The minimum Gasteiger partial charge on any atom is -0.350 e. The highest BCUT2D eigenvalue weighted by Gasteiger charge is 2.30. The molecule has 2 rings (SSSR count). The Kier molecular flexibility index (Phi) is 3.71. The maximum atomic E-state index is 12.0. The molecule has 1 aliphatic rings. The zero-order chi connectivity index (χ0) is 14.2. The number of hydrogen-bond acceptors (Lipinski definition) is 4. The summed E-state index contributed by atoms with van der Waals surface area (Å²) in [6, 6.07) is 1.96. The molecule has 0 atom stereocenters. The molecule has 1 aromatic carbocycles. The van der Waals surface area contributed by atoms with E-state index in [0.29, 0.717) is 5.71 Å². The SMILES string of the molecule is NC(=O)N/N=C1\CCS(=O)(=O)c2c(Cl)cc(Cl)cc21. The van der Waals surface area contributed by atoms with Gasteiger partial charge in [0.05, 0.1) is 21.4 Å². The fourth-order valence-electron chi connectivity index (χ4n) is 1.80. The van der Waals surface area contributed by atoms with Crippen LogP contribution in [0.3, 0.4) is 0 Å². The first-order valence-corrected chi connectivity index (χ1v) is 7.56. The smallest absolute Gasteiger partial charge is 0.332 e. The fraction of sp³-hybridized carbons (Fsp3) is 0.200. The molecule has 6 nitrogen and oxygen atoms in total. The van der Waals surface area contributed by atoms with Crippen LogP contribution >= 0.6 is 23.2 Å². The summed E-state index contributed by atoms with van der Waals surface area (Å²) in [6.07, 6.45) is 0.145. The number of nitrogens with one attached hydrogen (secondary N) is 1. The van der Waals surface area contributed by atoms with Gasteiger partial charge in [0, 0.05) is 17.0 Å². The van der Waals surface area contributed by atoms with Crippen LogP contribution in [-0.4, -0.2) is 25.9 Å². The van der Waals surface area contributed by atoms with Gasteiger partial charge in [-0.3, -0.25) is 0 Å². The number of sulfone groups is 1. The Morgan fingerprint density at radius 3 is 2.68 bits per heavy atom. The number of nitrogens with two attached hydrogens (primary N) is 1. The van der Waals surface area contributed by atoms with E-state index in [1.165, 1.54) is 12.1 Å². The number of hydrogen-bond donors (Lipinski definition) is 2. The van der Waals surface area contributed by atoms with Crippen molar-refractivity contribution in [3.05, 3.63) is 27.7 Å². The van der Waals surface area contributed by atoms with E-state index < -0.39 is 15.9 Å². The van der Waals surface area contributed by atoms with Gasteiger partial charge in [0.1, 0.15) is 0 Å². The lowest BCUT2D eigenvalue weighted by molar-refractivity contribution is 0.249. The average molecular weight is 322 g/mol. The largest absolute Gasteiger partial charge is 0.350 e. The van der Waals surface area contributed by atoms with Crippen molar-refractivity contribution in [2.24, 2.45) is 10.8 Å². The van der Waals surface area contributed by atoms with Crippen LogP contribution in [0.25, 0.3) is 0 Å². The standard InChI is InChI=1S/C10H9Cl2N3O3S/c11-5-3-6-8(14-15-10(13)16)1-2-19(17,18)9(6)7(12)4-5/h3-4H,1-2H2,(H3,13,15,16)/b14-8+. The second kappa shape index (κ2) is 4.99. The molecule has 3 N–H and O–H groups in total. The van der Waals surface area contributed by atoms with Gasteiger partial charge in [-0.1, -0.05) is 23.2 Å². The number of carbonyl (C=O) groups is 1. The van der Waals surface area contributed by atoms with E-state index in [1.807, 2.05) is 0 Å². The van der Waals surface area contributed by atoms with E-state index in [1.54, 1.807) is 0 Å². The molecule has 0 fully saturated rings. The topological polar surface area (TPSA) is 102 Å². The molecule has 0 aliphatic carbocycles. The molecule has 1 heterocycles. The van der Waals surface area contributed by atoms with Crippen molar-refractivity contribution >= 4 is 44.8 Å². The first kappa shape index (κ1) is 14.1. The first-order chi connectivity index (χ1) is 8.81. The molecular weight excluding hydrogens is 313 g/mol. The van der Waals surface area contributed by atoms with E-state index >= 15 is 0 Å². The van der Waals surface area contributed by atoms with Gasteiger partial charge in [0.15, 0.2) is 9.84 Å².